The minimum Gasteiger partial charge on any atom is -0.452 e. The third kappa shape index (κ3) is 1.96. The van der Waals surface area contributed by atoms with Gasteiger partial charge in [-0.2, -0.15) is 0 Å². The number of hydrogen-bond acceptors (Lipinski definition) is 4. The highest BCUT2D eigenvalue weighted by Gasteiger charge is 2.65. The zero-order valence-electron chi connectivity index (χ0n) is 15.3. The van der Waals surface area contributed by atoms with E-state index >= 15 is 0 Å². The van der Waals surface area contributed by atoms with Gasteiger partial charge in [-0.25, -0.2) is 4.79 Å². The summed E-state index contributed by atoms with van der Waals surface area (Å²) in [6.45, 7) is 8.68. The average molecular weight is 334 g/mol. The maximum absolute atomic E-state index is 12.0. The molecule has 134 valence electrons. The summed E-state index contributed by atoms with van der Waals surface area (Å²) in [7, 11) is 0. The molecule has 2 N–H and O–H groups in total. The first-order valence-corrected chi connectivity index (χ1v) is 9.41. The van der Waals surface area contributed by atoms with Gasteiger partial charge in [-0.05, 0) is 54.9 Å². The molecule has 1 aliphatic heterocycles. The predicted octanol–water partition coefficient (Wildman–Crippen LogP) is 2.97. The molecule has 4 rings (SSSR count). The minimum absolute atomic E-state index is 0.109. The Labute approximate surface area is 144 Å². The van der Waals surface area contributed by atoms with E-state index in [4.69, 9.17) is 4.74 Å². The van der Waals surface area contributed by atoms with Gasteiger partial charge in [-0.1, -0.05) is 27.2 Å². The molecule has 1 heterocycles. The van der Waals surface area contributed by atoms with Crippen molar-refractivity contribution in [1.82, 2.24) is 0 Å². The van der Waals surface area contributed by atoms with Gasteiger partial charge in [0.15, 0.2) is 6.10 Å². The molecule has 6 atom stereocenters. The Morgan fingerprint density at radius 3 is 2.58 bits per heavy atom. The first-order valence-electron chi connectivity index (χ1n) is 9.41. The van der Waals surface area contributed by atoms with Crippen LogP contribution in [0, 0.1) is 22.7 Å². The van der Waals surface area contributed by atoms with Crippen LogP contribution in [0.15, 0.2) is 11.1 Å². The standard InChI is InChI=1S/C20H30O4/c1-11-12-10-20(23)9-6-13-18(2,3)7-5-8-19(13,4)16(20)14(21)15(12)24-17(11)22/h13-16,21,23H,5-10H2,1-4H3/t13-,14+,15-,16+,19+,20-/m1/s1. The quantitative estimate of drug-likeness (QED) is 0.668. The summed E-state index contributed by atoms with van der Waals surface area (Å²) in [6, 6.07) is 0. The van der Waals surface area contributed by atoms with Crippen molar-refractivity contribution in [2.24, 2.45) is 22.7 Å². The van der Waals surface area contributed by atoms with E-state index in [0.29, 0.717) is 24.3 Å². The van der Waals surface area contributed by atoms with Gasteiger partial charge in [0.1, 0.15) is 6.10 Å². The Morgan fingerprint density at radius 1 is 1.17 bits per heavy atom. The van der Waals surface area contributed by atoms with Crippen molar-refractivity contribution in [3.63, 3.8) is 0 Å². The number of aliphatic hydroxyl groups is 2. The number of hydrogen-bond donors (Lipinski definition) is 2. The number of rotatable bonds is 0. The van der Waals surface area contributed by atoms with Crippen molar-refractivity contribution in [3.8, 4) is 0 Å². The molecule has 4 heteroatoms. The lowest BCUT2D eigenvalue weighted by molar-refractivity contribution is -0.231. The number of aliphatic hydroxyl groups excluding tert-OH is 1. The molecule has 0 aromatic heterocycles. The summed E-state index contributed by atoms with van der Waals surface area (Å²) in [5, 5.41) is 22.7. The predicted molar refractivity (Wildman–Crippen MR) is 90.1 cm³/mol. The Kier molecular flexibility index (Phi) is 3.35. The molecule has 4 aliphatic rings. The van der Waals surface area contributed by atoms with Crippen LogP contribution in [0.1, 0.15) is 66.2 Å². The number of fused-ring (bicyclic) bond motifs is 4. The summed E-state index contributed by atoms with van der Waals surface area (Å²) in [5.74, 6) is -0.0693. The molecule has 0 aromatic carbocycles. The van der Waals surface area contributed by atoms with E-state index in [-0.39, 0.29) is 22.7 Å². The third-order valence-corrected chi connectivity index (χ3v) is 7.94. The Hall–Kier alpha value is -0.870. The van der Waals surface area contributed by atoms with E-state index in [1.807, 2.05) is 0 Å². The fraction of sp³-hybridized carbons (Fsp3) is 0.850. The van der Waals surface area contributed by atoms with Crippen molar-refractivity contribution in [2.75, 3.05) is 0 Å². The van der Waals surface area contributed by atoms with E-state index in [0.717, 1.165) is 24.8 Å². The van der Waals surface area contributed by atoms with Crippen molar-refractivity contribution >= 4 is 5.97 Å². The highest BCUT2D eigenvalue weighted by molar-refractivity contribution is 5.92. The zero-order chi connectivity index (χ0) is 17.5. The fourth-order valence-corrected chi connectivity index (χ4v) is 6.96. The van der Waals surface area contributed by atoms with E-state index in [2.05, 4.69) is 20.8 Å². The topological polar surface area (TPSA) is 66.8 Å². The smallest absolute Gasteiger partial charge is 0.334 e. The molecule has 3 fully saturated rings. The van der Waals surface area contributed by atoms with Gasteiger partial charge in [0, 0.05) is 17.9 Å². The molecule has 4 nitrogen and oxygen atoms in total. The van der Waals surface area contributed by atoms with E-state index in [1.165, 1.54) is 6.42 Å². The maximum Gasteiger partial charge on any atom is 0.334 e. The van der Waals surface area contributed by atoms with Crippen LogP contribution in [-0.4, -0.2) is 34.0 Å². The van der Waals surface area contributed by atoms with Crippen LogP contribution in [0.25, 0.3) is 0 Å². The van der Waals surface area contributed by atoms with Crippen LogP contribution in [-0.2, 0) is 9.53 Å². The Balaban J connectivity index is 1.79. The zero-order valence-corrected chi connectivity index (χ0v) is 15.3. The summed E-state index contributed by atoms with van der Waals surface area (Å²) >= 11 is 0. The number of carbonyl (C=O) groups is 1. The van der Waals surface area contributed by atoms with Gasteiger partial charge in [-0.15, -0.1) is 0 Å². The van der Waals surface area contributed by atoms with E-state index in [9.17, 15) is 15.0 Å². The normalized spacial score (nSPS) is 50.0. The van der Waals surface area contributed by atoms with Gasteiger partial charge >= 0.3 is 5.97 Å². The van der Waals surface area contributed by atoms with Gasteiger partial charge in [-0.3, -0.25) is 0 Å². The van der Waals surface area contributed by atoms with Gasteiger partial charge in [0.05, 0.1) is 5.60 Å². The van der Waals surface area contributed by atoms with Crippen LogP contribution in [0.2, 0.25) is 0 Å². The lowest BCUT2D eigenvalue weighted by Crippen LogP contribution is -2.66. The van der Waals surface area contributed by atoms with Crippen molar-refractivity contribution in [1.29, 1.82) is 0 Å². The summed E-state index contributed by atoms with van der Waals surface area (Å²) in [6.07, 6.45) is 4.18. The largest absolute Gasteiger partial charge is 0.452 e. The first-order chi connectivity index (χ1) is 11.1. The molecular formula is C20H30O4. The van der Waals surface area contributed by atoms with Crippen molar-refractivity contribution in [3.05, 3.63) is 11.1 Å². The molecule has 0 amide bonds. The molecule has 0 spiro atoms. The van der Waals surface area contributed by atoms with Gasteiger partial charge in [0.2, 0.25) is 0 Å². The SMILES string of the molecule is CC1=C2C[C@]3(O)CC[C@@H]4C(C)(C)CCC[C@]4(C)[C@@H]3[C@@H](O)[C@@H]2OC1=O. The molecule has 3 aliphatic carbocycles. The number of carbonyl (C=O) groups excluding carboxylic acids is 1. The molecular weight excluding hydrogens is 304 g/mol. The summed E-state index contributed by atoms with van der Waals surface area (Å²) < 4.78 is 5.49. The van der Waals surface area contributed by atoms with E-state index < -0.39 is 17.8 Å². The number of esters is 1. The lowest BCUT2D eigenvalue weighted by Gasteiger charge is -2.64. The van der Waals surface area contributed by atoms with Gasteiger partial charge < -0.3 is 14.9 Å². The highest BCUT2D eigenvalue weighted by atomic mass is 16.6. The second-order valence-corrected chi connectivity index (χ2v) is 9.66. The minimum atomic E-state index is -0.918. The van der Waals surface area contributed by atoms with Gasteiger partial charge in [0.25, 0.3) is 0 Å². The van der Waals surface area contributed by atoms with Crippen molar-refractivity contribution < 1.29 is 19.7 Å². The fourth-order valence-electron chi connectivity index (χ4n) is 6.96. The molecule has 3 saturated carbocycles. The Morgan fingerprint density at radius 2 is 1.88 bits per heavy atom. The summed E-state index contributed by atoms with van der Waals surface area (Å²) in [4.78, 5) is 12.0. The average Bonchev–Trinajstić information content (AvgIpc) is 2.73. The second kappa shape index (κ2) is 4.85. The van der Waals surface area contributed by atoms with Crippen molar-refractivity contribution in [2.45, 2.75) is 84.0 Å². The molecule has 24 heavy (non-hydrogen) atoms. The molecule has 0 radical (unpaired) electrons. The van der Waals surface area contributed by atoms with Crippen LogP contribution < -0.4 is 0 Å². The van der Waals surface area contributed by atoms with Crippen LogP contribution in [0.5, 0.6) is 0 Å². The third-order valence-electron chi connectivity index (χ3n) is 7.94. The molecule has 0 aromatic rings. The maximum atomic E-state index is 12.0. The molecule has 0 unspecified atom stereocenters. The second-order valence-electron chi connectivity index (χ2n) is 9.66. The van der Waals surface area contributed by atoms with Crippen LogP contribution in [0.4, 0.5) is 0 Å². The summed E-state index contributed by atoms with van der Waals surface area (Å²) in [5.41, 5.74) is 0.610. The molecule has 0 bridgehead atoms. The van der Waals surface area contributed by atoms with Crippen LogP contribution >= 0.6 is 0 Å². The van der Waals surface area contributed by atoms with Crippen LogP contribution in [0.3, 0.4) is 0 Å². The highest BCUT2D eigenvalue weighted by Crippen LogP contribution is 2.65. The molecule has 0 saturated heterocycles. The lowest BCUT2D eigenvalue weighted by atomic mass is 9.42. The van der Waals surface area contributed by atoms with E-state index in [1.54, 1.807) is 6.92 Å². The number of ether oxygens (including phenoxy) is 1. The monoisotopic (exact) mass is 334 g/mol. The first kappa shape index (κ1) is 16.6. The Bertz CT molecular complexity index is 621.